The molecule has 20 heavy (non-hydrogen) atoms. The van der Waals surface area contributed by atoms with Gasteiger partial charge in [-0.1, -0.05) is 6.92 Å². The highest BCUT2D eigenvalue weighted by Gasteiger charge is 2.25. The van der Waals surface area contributed by atoms with Crippen molar-refractivity contribution in [3.8, 4) is 11.5 Å². The highest BCUT2D eigenvalue weighted by atomic mass is 16.6. The van der Waals surface area contributed by atoms with Crippen LogP contribution in [-0.4, -0.2) is 50.3 Å². The highest BCUT2D eigenvalue weighted by molar-refractivity contribution is 5.73. The first-order valence-electron chi connectivity index (χ1n) is 7.37. The number of nitrogens with zero attached hydrogens (tertiary/aromatic N) is 2. The Morgan fingerprint density at radius 3 is 2.55 bits per heavy atom. The second-order valence-electron chi connectivity index (χ2n) is 5.48. The van der Waals surface area contributed by atoms with Gasteiger partial charge in [0, 0.05) is 37.8 Å². The molecule has 0 aliphatic carbocycles. The number of nitrogen functional groups attached to an aromatic ring is 1. The summed E-state index contributed by atoms with van der Waals surface area (Å²) in [5.41, 5.74) is 8.03. The zero-order valence-corrected chi connectivity index (χ0v) is 12.3. The quantitative estimate of drug-likeness (QED) is 0.832. The third-order valence-corrected chi connectivity index (χ3v) is 4.20. The van der Waals surface area contributed by atoms with Gasteiger partial charge in [0.1, 0.15) is 13.2 Å². The fourth-order valence-electron chi connectivity index (χ4n) is 3.05. The van der Waals surface area contributed by atoms with E-state index in [0.717, 1.165) is 49.1 Å². The average Bonchev–Trinajstić information content (AvgIpc) is 2.46. The summed E-state index contributed by atoms with van der Waals surface area (Å²) in [4.78, 5) is 4.84. The van der Waals surface area contributed by atoms with Gasteiger partial charge in [-0.15, -0.1) is 0 Å². The lowest BCUT2D eigenvalue weighted by Crippen LogP contribution is -2.51. The number of likely N-dealkylation sites (N-methyl/N-ethyl adjacent to an activating group) is 1. The number of nitrogens with two attached hydrogens (primary N) is 1. The van der Waals surface area contributed by atoms with E-state index >= 15 is 0 Å². The Labute approximate surface area is 120 Å². The Morgan fingerprint density at radius 1 is 1.20 bits per heavy atom. The first-order valence-corrected chi connectivity index (χ1v) is 7.37. The van der Waals surface area contributed by atoms with Crippen LogP contribution >= 0.6 is 0 Å². The molecule has 0 bridgehead atoms. The highest BCUT2D eigenvalue weighted by Crippen LogP contribution is 2.39. The largest absolute Gasteiger partial charge is 0.486 e. The number of rotatable bonds is 2. The number of hydrogen-bond acceptors (Lipinski definition) is 5. The van der Waals surface area contributed by atoms with Crippen molar-refractivity contribution in [2.45, 2.75) is 19.9 Å². The van der Waals surface area contributed by atoms with E-state index in [9.17, 15) is 0 Å². The maximum Gasteiger partial charge on any atom is 0.163 e. The lowest BCUT2D eigenvalue weighted by molar-refractivity contribution is 0.171. The molecule has 1 aromatic carbocycles. The molecule has 2 aliphatic heterocycles. The molecule has 3 rings (SSSR count). The molecule has 0 radical (unpaired) electrons. The van der Waals surface area contributed by atoms with Crippen molar-refractivity contribution in [1.29, 1.82) is 0 Å². The van der Waals surface area contributed by atoms with Gasteiger partial charge >= 0.3 is 0 Å². The van der Waals surface area contributed by atoms with Crippen molar-refractivity contribution in [3.05, 3.63) is 12.1 Å². The molecule has 0 saturated carbocycles. The molecule has 5 nitrogen and oxygen atoms in total. The summed E-state index contributed by atoms with van der Waals surface area (Å²) in [6.45, 7) is 9.86. The van der Waals surface area contributed by atoms with Gasteiger partial charge in [-0.05, 0) is 13.5 Å². The van der Waals surface area contributed by atoms with Crippen molar-refractivity contribution in [1.82, 2.24) is 4.90 Å². The monoisotopic (exact) mass is 277 g/mol. The van der Waals surface area contributed by atoms with Crippen molar-refractivity contribution >= 4 is 11.4 Å². The number of benzene rings is 1. The lowest BCUT2D eigenvalue weighted by atomic mass is 10.1. The first kappa shape index (κ1) is 13.4. The fourth-order valence-corrected chi connectivity index (χ4v) is 3.05. The minimum atomic E-state index is 0.543. The van der Waals surface area contributed by atoms with Crippen LogP contribution < -0.4 is 20.1 Å². The zero-order chi connectivity index (χ0) is 14.1. The van der Waals surface area contributed by atoms with Crippen LogP contribution in [0.4, 0.5) is 11.4 Å². The number of ether oxygens (including phenoxy) is 2. The summed E-state index contributed by atoms with van der Waals surface area (Å²) in [6.07, 6.45) is 0. The van der Waals surface area contributed by atoms with Crippen LogP contribution in [0.15, 0.2) is 12.1 Å². The Kier molecular flexibility index (Phi) is 3.61. The van der Waals surface area contributed by atoms with Crippen LogP contribution in [0.3, 0.4) is 0 Å². The number of piperazine rings is 1. The SMILES string of the molecule is CCN1CCN(c2cc3c(cc2N)OCCO3)CC1C. The summed E-state index contributed by atoms with van der Waals surface area (Å²) in [7, 11) is 0. The van der Waals surface area contributed by atoms with Crippen LogP contribution in [0.5, 0.6) is 11.5 Å². The van der Waals surface area contributed by atoms with Crippen LogP contribution in [0, 0.1) is 0 Å². The molecule has 2 aliphatic rings. The van der Waals surface area contributed by atoms with Crippen molar-refractivity contribution in [2.24, 2.45) is 0 Å². The van der Waals surface area contributed by atoms with Gasteiger partial charge in [0.2, 0.25) is 0 Å². The standard InChI is InChI=1S/C15H23N3O2/c1-3-17-4-5-18(10-11(17)2)13-9-15-14(8-12(13)16)19-6-7-20-15/h8-9,11H,3-7,10,16H2,1-2H3. The summed E-state index contributed by atoms with van der Waals surface area (Å²) in [5, 5.41) is 0. The van der Waals surface area contributed by atoms with Crippen LogP contribution in [0.2, 0.25) is 0 Å². The molecular formula is C15H23N3O2. The van der Waals surface area contributed by atoms with Crippen LogP contribution in [-0.2, 0) is 0 Å². The molecule has 110 valence electrons. The topological polar surface area (TPSA) is 51.0 Å². The second kappa shape index (κ2) is 5.40. The molecule has 1 unspecified atom stereocenters. The molecule has 1 saturated heterocycles. The molecule has 0 spiro atoms. The zero-order valence-electron chi connectivity index (χ0n) is 12.3. The molecule has 2 N–H and O–H groups in total. The Balaban J connectivity index is 1.83. The number of hydrogen-bond donors (Lipinski definition) is 1. The summed E-state index contributed by atoms with van der Waals surface area (Å²) < 4.78 is 11.2. The van der Waals surface area contributed by atoms with Gasteiger partial charge in [0.25, 0.3) is 0 Å². The van der Waals surface area contributed by atoms with Crippen molar-refractivity contribution in [2.75, 3.05) is 50.0 Å². The molecule has 1 atom stereocenters. The fraction of sp³-hybridized carbons (Fsp3) is 0.600. The van der Waals surface area contributed by atoms with Gasteiger partial charge in [0.05, 0.1) is 11.4 Å². The summed E-state index contributed by atoms with van der Waals surface area (Å²) in [5.74, 6) is 1.57. The van der Waals surface area contributed by atoms with Crippen molar-refractivity contribution < 1.29 is 9.47 Å². The maximum absolute atomic E-state index is 6.20. The average molecular weight is 277 g/mol. The molecular weight excluding hydrogens is 254 g/mol. The first-order chi connectivity index (χ1) is 9.69. The smallest absolute Gasteiger partial charge is 0.163 e. The van der Waals surface area contributed by atoms with Gasteiger partial charge in [-0.3, -0.25) is 4.90 Å². The Morgan fingerprint density at radius 2 is 1.90 bits per heavy atom. The summed E-state index contributed by atoms with van der Waals surface area (Å²) in [6, 6.07) is 4.46. The van der Waals surface area contributed by atoms with E-state index in [2.05, 4.69) is 23.6 Å². The predicted molar refractivity (Wildman–Crippen MR) is 80.8 cm³/mol. The minimum Gasteiger partial charge on any atom is -0.486 e. The molecule has 0 amide bonds. The van der Waals surface area contributed by atoms with Gasteiger partial charge in [-0.25, -0.2) is 0 Å². The molecule has 0 aromatic heterocycles. The Bertz CT molecular complexity index is 492. The van der Waals surface area contributed by atoms with Gasteiger partial charge < -0.3 is 20.1 Å². The third kappa shape index (κ3) is 2.38. The second-order valence-corrected chi connectivity index (χ2v) is 5.48. The minimum absolute atomic E-state index is 0.543. The number of anilines is 2. The lowest BCUT2D eigenvalue weighted by Gasteiger charge is -2.41. The summed E-state index contributed by atoms with van der Waals surface area (Å²) >= 11 is 0. The molecule has 1 aromatic rings. The van der Waals surface area contributed by atoms with E-state index in [4.69, 9.17) is 15.2 Å². The van der Waals surface area contributed by atoms with Gasteiger partial charge in [-0.2, -0.15) is 0 Å². The molecule has 5 heteroatoms. The van der Waals surface area contributed by atoms with E-state index < -0.39 is 0 Å². The Hall–Kier alpha value is -1.62. The van der Waals surface area contributed by atoms with Gasteiger partial charge in [0.15, 0.2) is 11.5 Å². The third-order valence-electron chi connectivity index (χ3n) is 4.20. The maximum atomic E-state index is 6.20. The van der Waals surface area contributed by atoms with Crippen molar-refractivity contribution in [3.63, 3.8) is 0 Å². The van der Waals surface area contributed by atoms with Crippen LogP contribution in [0.1, 0.15) is 13.8 Å². The van der Waals surface area contributed by atoms with E-state index in [1.165, 1.54) is 0 Å². The molecule has 2 heterocycles. The number of fused-ring (bicyclic) bond motifs is 1. The van der Waals surface area contributed by atoms with E-state index in [-0.39, 0.29) is 0 Å². The van der Waals surface area contributed by atoms with E-state index in [0.29, 0.717) is 19.3 Å². The predicted octanol–water partition coefficient (Wildman–Crippen LogP) is 1.57. The normalized spacial score (nSPS) is 22.9. The van der Waals surface area contributed by atoms with E-state index in [1.54, 1.807) is 0 Å². The van der Waals surface area contributed by atoms with E-state index in [1.807, 2.05) is 12.1 Å². The molecule has 1 fully saturated rings. The van der Waals surface area contributed by atoms with Crippen LogP contribution in [0.25, 0.3) is 0 Å².